The average Bonchev–Trinajstić information content (AvgIpc) is 2.61. The summed E-state index contributed by atoms with van der Waals surface area (Å²) < 4.78 is 10.7. The molecule has 0 heterocycles. The number of esters is 1. The number of rotatable bonds is 13. The van der Waals surface area contributed by atoms with Gasteiger partial charge in [0.25, 0.3) is 0 Å². The molecule has 3 amide bonds. The van der Waals surface area contributed by atoms with Crippen LogP contribution in [0.15, 0.2) is 0 Å². The first kappa shape index (κ1) is 31.5. The molecule has 34 heavy (non-hydrogen) atoms. The van der Waals surface area contributed by atoms with Crippen molar-refractivity contribution in [3.63, 3.8) is 0 Å². The molecule has 0 saturated carbocycles. The summed E-state index contributed by atoms with van der Waals surface area (Å²) in [6.45, 7) is 16.6. The van der Waals surface area contributed by atoms with E-state index < -0.39 is 47.8 Å². The van der Waals surface area contributed by atoms with E-state index in [1.54, 1.807) is 20.8 Å². The van der Waals surface area contributed by atoms with E-state index in [-0.39, 0.29) is 24.4 Å². The van der Waals surface area contributed by atoms with Crippen LogP contribution in [0.25, 0.3) is 0 Å². The minimum atomic E-state index is -1.11. The minimum Gasteiger partial charge on any atom is -0.480 e. The number of nitrogens with one attached hydrogen (secondary N) is 3. The Morgan fingerprint density at radius 1 is 0.765 bits per heavy atom. The number of amides is 3. The second-order valence-electron chi connectivity index (χ2n) is 10.9. The number of urea groups is 1. The molecule has 0 bridgehead atoms. The van der Waals surface area contributed by atoms with Gasteiger partial charge in [-0.3, -0.25) is 0 Å². The number of ether oxygens (including phenoxy) is 2. The summed E-state index contributed by atoms with van der Waals surface area (Å²) in [6.07, 6.45) is 0.448. The molecular formula is C24H45N3O7. The highest BCUT2D eigenvalue weighted by Gasteiger charge is 2.28. The zero-order chi connectivity index (χ0) is 26.6. The molecule has 0 aromatic carbocycles. The summed E-state index contributed by atoms with van der Waals surface area (Å²) in [4.78, 5) is 48.8. The van der Waals surface area contributed by atoms with E-state index >= 15 is 0 Å². The minimum absolute atomic E-state index is 0.0872. The lowest BCUT2D eigenvalue weighted by atomic mass is 10.0. The van der Waals surface area contributed by atoms with E-state index in [9.17, 15) is 24.3 Å². The molecule has 0 spiro atoms. The number of alkyl carbamates (subject to hydrolysis) is 1. The monoisotopic (exact) mass is 487 g/mol. The predicted octanol–water partition coefficient (Wildman–Crippen LogP) is 3.68. The molecule has 0 aromatic rings. The van der Waals surface area contributed by atoms with Crippen LogP contribution in [-0.4, -0.2) is 59.5 Å². The van der Waals surface area contributed by atoms with Crippen LogP contribution in [0.1, 0.15) is 81.6 Å². The molecule has 0 aromatic heterocycles. The van der Waals surface area contributed by atoms with E-state index in [1.807, 2.05) is 41.5 Å². The van der Waals surface area contributed by atoms with Gasteiger partial charge in [-0.2, -0.15) is 0 Å². The lowest BCUT2D eigenvalue weighted by Crippen LogP contribution is -2.51. The maximum atomic E-state index is 12.7. The van der Waals surface area contributed by atoms with Gasteiger partial charge in [0.1, 0.15) is 24.3 Å². The lowest BCUT2D eigenvalue weighted by molar-refractivity contribution is -0.147. The molecule has 0 rings (SSSR count). The van der Waals surface area contributed by atoms with E-state index in [0.29, 0.717) is 19.3 Å². The van der Waals surface area contributed by atoms with E-state index in [4.69, 9.17) is 9.47 Å². The second kappa shape index (κ2) is 14.7. The maximum Gasteiger partial charge on any atom is 0.408 e. The van der Waals surface area contributed by atoms with Gasteiger partial charge in [-0.1, -0.05) is 41.5 Å². The summed E-state index contributed by atoms with van der Waals surface area (Å²) in [6, 6.07) is -3.08. The first-order chi connectivity index (χ1) is 15.5. The lowest BCUT2D eigenvalue weighted by Gasteiger charge is -2.25. The predicted molar refractivity (Wildman–Crippen MR) is 129 cm³/mol. The third-order valence-corrected chi connectivity index (χ3v) is 4.51. The van der Waals surface area contributed by atoms with E-state index in [1.165, 1.54) is 0 Å². The van der Waals surface area contributed by atoms with Crippen molar-refractivity contribution in [2.45, 2.75) is 105 Å². The van der Waals surface area contributed by atoms with Gasteiger partial charge in [0.2, 0.25) is 0 Å². The average molecular weight is 488 g/mol. The third-order valence-electron chi connectivity index (χ3n) is 4.51. The molecule has 10 nitrogen and oxygen atoms in total. The number of carbonyl (C=O) groups is 4. The molecule has 0 fully saturated rings. The van der Waals surface area contributed by atoms with Crippen molar-refractivity contribution >= 4 is 24.1 Å². The SMILES string of the molecule is CC(C)C[C@@H](COC(=O)[C@@H](CC(C)C)NC(=O)OC(C)(C)C)NC(=O)N[C@H](CC(C)C)C(=O)O. The Kier molecular flexibility index (Phi) is 13.6. The fraction of sp³-hybridized carbons (Fsp3) is 0.833. The summed E-state index contributed by atoms with van der Waals surface area (Å²) >= 11 is 0. The van der Waals surface area contributed by atoms with Crippen LogP contribution < -0.4 is 16.0 Å². The fourth-order valence-electron chi connectivity index (χ4n) is 3.23. The highest BCUT2D eigenvalue weighted by atomic mass is 16.6. The van der Waals surface area contributed by atoms with Crippen LogP contribution in [0.4, 0.5) is 9.59 Å². The number of hydrogen-bond donors (Lipinski definition) is 4. The van der Waals surface area contributed by atoms with Gasteiger partial charge in [0.15, 0.2) is 0 Å². The Bertz CT molecular complexity index is 672. The van der Waals surface area contributed by atoms with Crippen molar-refractivity contribution in [1.82, 2.24) is 16.0 Å². The van der Waals surface area contributed by atoms with E-state index in [2.05, 4.69) is 16.0 Å². The van der Waals surface area contributed by atoms with Crippen molar-refractivity contribution in [3.05, 3.63) is 0 Å². The third kappa shape index (κ3) is 15.3. The molecule has 0 radical (unpaired) electrons. The number of aliphatic carboxylic acids is 1. The van der Waals surface area contributed by atoms with Crippen LogP contribution >= 0.6 is 0 Å². The van der Waals surface area contributed by atoms with Crippen LogP contribution in [0.3, 0.4) is 0 Å². The van der Waals surface area contributed by atoms with Gasteiger partial charge < -0.3 is 30.5 Å². The Labute approximate surface area is 203 Å². The smallest absolute Gasteiger partial charge is 0.408 e. The van der Waals surface area contributed by atoms with Gasteiger partial charge in [0, 0.05) is 0 Å². The molecule has 4 N–H and O–H groups in total. The Morgan fingerprint density at radius 3 is 1.71 bits per heavy atom. The topological polar surface area (TPSA) is 143 Å². The number of carboxylic acid groups (broad SMARTS) is 1. The first-order valence-electron chi connectivity index (χ1n) is 12.0. The molecule has 0 aliphatic carbocycles. The Morgan fingerprint density at radius 2 is 1.26 bits per heavy atom. The van der Waals surface area contributed by atoms with Crippen molar-refractivity contribution in [3.8, 4) is 0 Å². The molecule has 10 heteroatoms. The highest BCUT2D eigenvalue weighted by Crippen LogP contribution is 2.12. The van der Waals surface area contributed by atoms with Gasteiger partial charge >= 0.3 is 24.1 Å². The van der Waals surface area contributed by atoms with Crippen LogP contribution in [0.2, 0.25) is 0 Å². The van der Waals surface area contributed by atoms with E-state index in [0.717, 1.165) is 0 Å². The zero-order valence-electron chi connectivity index (χ0n) is 22.2. The molecule has 0 saturated heterocycles. The molecular weight excluding hydrogens is 442 g/mol. The molecule has 198 valence electrons. The summed E-state index contributed by atoms with van der Waals surface area (Å²) in [5, 5.41) is 17.1. The summed E-state index contributed by atoms with van der Waals surface area (Å²) in [5.74, 6) is -1.36. The normalized spacial score (nSPS) is 14.4. The molecule has 0 aliphatic heterocycles. The molecule has 0 aliphatic rings. The molecule has 0 unspecified atom stereocenters. The second-order valence-corrected chi connectivity index (χ2v) is 10.9. The maximum absolute atomic E-state index is 12.7. The first-order valence-corrected chi connectivity index (χ1v) is 12.0. The van der Waals surface area contributed by atoms with Gasteiger partial charge in [-0.15, -0.1) is 0 Å². The van der Waals surface area contributed by atoms with Crippen molar-refractivity contribution in [2.24, 2.45) is 17.8 Å². The van der Waals surface area contributed by atoms with Crippen molar-refractivity contribution in [1.29, 1.82) is 0 Å². The summed E-state index contributed by atoms with van der Waals surface area (Å²) in [7, 11) is 0. The van der Waals surface area contributed by atoms with Gasteiger partial charge in [0.05, 0.1) is 6.04 Å². The zero-order valence-corrected chi connectivity index (χ0v) is 22.2. The highest BCUT2D eigenvalue weighted by molar-refractivity contribution is 5.83. The van der Waals surface area contributed by atoms with Crippen LogP contribution in [-0.2, 0) is 19.1 Å². The fourth-order valence-corrected chi connectivity index (χ4v) is 3.23. The van der Waals surface area contributed by atoms with Crippen molar-refractivity contribution < 1.29 is 33.8 Å². The van der Waals surface area contributed by atoms with Crippen LogP contribution in [0, 0.1) is 17.8 Å². The number of carboxylic acids is 1. The summed E-state index contributed by atoms with van der Waals surface area (Å²) in [5.41, 5.74) is -0.709. The standard InChI is InChI=1S/C24H45N3O7/c1-14(2)10-17(25-22(31)26-18(20(28)29)11-15(3)4)13-33-21(30)19(12-16(5)6)27-23(32)34-24(7,8)9/h14-19H,10-13H2,1-9H3,(H,27,32)(H,28,29)(H2,25,26,31)/t17-,18+,19+/m0/s1. The number of hydrogen-bond acceptors (Lipinski definition) is 6. The van der Waals surface area contributed by atoms with Gasteiger partial charge in [-0.25, -0.2) is 19.2 Å². The van der Waals surface area contributed by atoms with Gasteiger partial charge in [-0.05, 0) is 57.8 Å². The Hall–Kier alpha value is -2.52. The van der Waals surface area contributed by atoms with Crippen molar-refractivity contribution in [2.75, 3.05) is 6.61 Å². The van der Waals surface area contributed by atoms with Crippen LogP contribution in [0.5, 0.6) is 0 Å². The molecule has 3 atom stereocenters. The largest absolute Gasteiger partial charge is 0.480 e. The Balaban J connectivity index is 5.15. The number of carbonyl (C=O) groups excluding carboxylic acids is 3. The quantitative estimate of drug-likeness (QED) is 0.290.